The first kappa shape index (κ1) is 23.3. The minimum Gasteiger partial charge on any atom is -0.322 e. The van der Waals surface area contributed by atoms with Gasteiger partial charge in [0.05, 0.1) is 9.82 Å². The molecular weight excluding hydrogens is 456 g/mol. The number of hydrogen-bond acceptors (Lipinski definition) is 6. The molecule has 0 amide bonds. The van der Waals surface area contributed by atoms with Crippen molar-refractivity contribution in [2.75, 3.05) is 0 Å². The number of pyridine rings is 2. The second-order valence-electron chi connectivity index (χ2n) is 8.05. The van der Waals surface area contributed by atoms with Crippen LogP contribution in [0.2, 0.25) is 0 Å². The molecule has 2 aromatic heterocycles. The minimum absolute atomic E-state index is 0.0302. The normalized spacial score (nSPS) is 11.7. The SMILES string of the molecule is Cc1cc(C)c2cc(CN(Cc3cccnc3)S(=O)(=O)c3ccc([N+](=O)[O-])cc3)c(=O)[nH]c2c1. The summed E-state index contributed by atoms with van der Waals surface area (Å²) in [5, 5.41) is 11.8. The average molecular weight is 479 g/mol. The number of aromatic nitrogens is 2. The molecule has 4 rings (SSSR count). The molecule has 2 aromatic carbocycles. The van der Waals surface area contributed by atoms with Crippen molar-refractivity contribution < 1.29 is 13.3 Å². The van der Waals surface area contributed by atoms with Gasteiger partial charge >= 0.3 is 0 Å². The molecule has 174 valence electrons. The van der Waals surface area contributed by atoms with E-state index in [1.807, 2.05) is 26.0 Å². The van der Waals surface area contributed by atoms with Crippen molar-refractivity contribution in [3.63, 3.8) is 0 Å². The number of hydrogen-bond donors (Lipinski definition) is 1. The molecule has 0 saturated heterocycles. The number of nitrogens with zero attached hydrogens (tertiary/aromatic N) is 3. The lowest BCUT2D eigenvalue weighted by Gasteiger charge is -2.22. The van der Waals surface area contributed by atoms with Crippen molar-refractivity contribution in [2.24, 2.45) is 0 Å². The Labute approximate surface area is 195 Å². The topological polar surface area (TPSA) is 126 Å². The lowest BCUT2D eigenvalue weighted by molar-refractivity contribution is -0.384. The Morgan fingerprint density at radius 1 is 1.06 bits per heavy atom. The number of aromatic amines is 1. The average Bonchev–Trinajstić information content (AvgIpc) is 2.80. The first-order chi connectivity index (χ1) is 16.1. The van der Waals surface area contributed by atoms with E-state index < -0.39 is 14.9 Å². The Kier molecular flexibility index (Phi) is 6.27. The first-order valence-electron chi connectivity index (χ1n) is 10.4. The maximum Gasteiger partial charge on any atom is 0.269 e. The molecule has 9 nitrogen and oxygen atoms in total. The fraction of sp³-hybridized carbons (Fsp3) is 0.167. The molecule has 0 aliphatic heterocycles. The van der Waals surface area contributed by atoms with Crippen LogP contribution in [0.1, 0.15) is 22.3 Å². The van der Waals surface area contributed by atoms with Gasteiger partial charge in [-0.15, -0.1) is 0 Å². The van der Waals surface area contributed by atoms with Crippen molar-refractivity contribution in [1.29, 1.82) is 0 Å². The Bertz CT molecular complexity index is 1530. The summed E-state index contributed by atoms with van der Waals surface area (Å²) >= 11 is 0. The molecule has 0 radical (unpaired) electrons. The molecule has 34 heavy (non-hydrogen) atoms. The highest BCUT2D eigenvalue weighted by atomic mass is 32.2. The standard InChI is InChI=1S/C24H22N4O5S/c1-16-10-17(2)22-12-19(24(29)26-23(22)11-16)15-27(14-18-4-3-9-25-13-18)34(32,33)21-7-5-20(6-8-21)28(30)31/h3-13H,14-15H2,1-2H3,(H,26,29). The smallest absolute Gasteiger partial charge is 0.269 e. The molecule has 10 heteroatoms. The zero-order valence-electron chi connectivity index (χ0n) is 18.6. The van der Waals surface area contributed by atoms with Gasteiger partial charge in [0.2, 0.25) is 10.0 Å². The van der Waals surface area contributed by atoms with Gasteiger partial charge in [-0.1, -0.05) is 12.1 Å². The van der Waals surface area contributed by atoms with Crippen molar-refractivity contribution in [3.8, 4) is 0 Å². The van der Waals surface area contributed by atoms with Gasteiger partial charge in [-0.2, -0.15) is 4.31 Å². The molecule has 0 fully saturated rings. The van der Waals surface area contributed by atoms with Crippen LogP contribution in [-0.2, 0) is 23.1 Å². The van der Waals surface area contributed by atoms with Gasteiger partial charge in [0.1, 0.15) is 0 Å². The molecule has 2 heterocycles. The fourth-order valence-electron chi connectivity index (χ4n) is 3.83. The molecule has 0 aliphatic rings. The zero-order chi connectivity index (χ0) is 24.5. The Balaban J connectivity index is 1.78. The molecule has 0 bridgehead atoms. The second-order valence-corrected chi connectivity index (χ2v) is 9.99. The van der Waals surface area contributed by atoms with Crippen LogP contribution in [0.5, 0.6) is 0 Å². The van der Waals surface area contributed by atoms with Gasteiger partial charge in [-0.25, -0.2) is 8.42 Å². The summed E-state index contributed by atoms with van der Waals surface area (Å²) in [4.78, 5) is 30.0. The number of benzene rings is 2. The quantitative estimate of drug-likeness (QED) is 0.318. The molecule has 0 spiro atoms. The third kappa shape index (κ3) is 4.73. The van der Waals surface area contributed by atoms with Crippen LogP contribution in [-0.4, -0.2) is 27.6 Å². The monoisotopic (exact) mass is 478 g/mol. The highest BCUT2D eigenvalue weighted by molar-refractivity contribution is 7.89. The number of nitro groups is 1. The van der Waals surface area contributed by atoms with Crippen molar-refractivity contribution >= 4 is 26.6 Å². The van der Waals surface area contributed by atoms with Gasteiger partial charge in [-0.05, 0) is 60.9 Å². The Morgan fingerprint density at radius 2 is 1.79 bits per heavy atom. The Morgan fingerprint density at radius 3 is 2.44 bits per heavy atom. The van der Waals surface area contributed by atoms with Crippen molar-refractivity contribution in [2.45, 2.75) is 31.8 Å². The highest BCUT2D eigenvalue weighted by Crippen LogP contribution is 2.24. The summed E-state index contributed by atoms with van der Waals surface area (Å²) in [6.45, 7) is 3.65. The molecule has 1 N–H and O–H groups in total. The summed E-state index contributed by atoms with van der Waals surface area (Å²) in [5.74, 6) is 0. The predicted octanol–water partition coefficient (Wildman–Crippen LogP) is 3.84. The zero-order valence-corrected chi connectivity index (χ0v) is 19.4. The second kappa shape index (κ2) is 9.16. The summed E-state index contributed by atoms with van der Waals surface area (Å²) in [6.07, 6.45) is 3.13. The first-order valence-corrected chi connectivity index (χ1v) is 11.9. The summed E-state index contributed by atoms with van der Waals surface area (Å²) in [7, 11) is -4.10. The lowest BCUT2D eigenvalue weighted by atomic mass is 10.0. The highest BCUT2D eigenvalue weighted by Gasteiger charge is 2.27. The molecule has 0 aliphatic carbocycles. The van der Waals surface area contributed by atoms with E-state index in [0.717, 1.165) is 28.6 Å². The number of H-pyrrole nitrogens is 1. The van der Waals surface area contributed by atoms with Crippen LogP contribution in [0.15, 0.2) is 76.7 Å². The summed E-state index contributed by atoms with van der Waals surface area (Å²) in [5.41, 5.74) is 2.98. The van der Waals surface area contributed by atoms with Gasteiger partial charge in [0.25, 0.3) is 11.2 Å². The van der Waals surface area contributed by atoms with Crippen LogP contribution in [0.25, 0.3) is 10.9 Å². The van der Waals surface area contributed by atoms with Gasteiger partial charge in [0, 0.05) is 54.1 Å². The third-order valence-electron chi connectivity index (χ3n) is 5.50. The molecular formula is C24H22N4O5S. The van der Waals surface area contributed by atoms with Crippen LogP contribution >= 0.6 is 0 Å². The van der Waals surface area contributed by atoms with E-state index in [2.05, 4.69) is 9.97 Å². The molecule has 0 atom stereocenters. The number of non-ortho nitro benzene ring substituents is 1. The van der Waals surface area contributed by atoms with Gasteiger partial charge in [0.15, 0.2) is 0 Å². The van der Waals surface area contributed by atoms with Gasteiger partial charge < -0.3 is 4.98 Å². The van der Waals surface area contributed by atoms with Crippen LogP contribution in [0, 0.1) is 24.0 Å². The van der Waals surface area contributed by atoms with Crippen molar-refractivity contribution in [1.82, 2.24) is 14.3 Å². The molecule has 4 aromatic rings. The third-order valence-corrected chi connectivity index (χ3v) is 7.31. The van der Waals surface area contributed by atoms with E-state index in [1.54, 1.807) is 30.6 Å². The Hall–Kier alpha value is -3.89. The number of sulfonamides is 1. The number of nitrogens with one attached hydrogen (secondary N) is 1. The van der Waals surface area contributed by atoms with E-state index in [4.69, 9.17) is 0 Å². The van der Waals surface area contributed by atoms with Crippen LogP contribution in [0.3, 0.4) is 0 Å². The van der Waals surface area contributed by atoms with E-state index >= 15 is 0 Å². The predicted molar refractivity (Wildman–Crippen MR) is 128 cm³/mol. The minimum atomic E-state index is -4.10. The van der Waals surface area contributed by atoms with E-state index in [1.165, 1.54) is 16.4 Å². The number of rotatable bonds is 7. The number of nitro benzene ring substituents is 1. The van der Waals surface area contributed by atoms with E-state index in [0.29, 0.717) is 11.1 Å². The van der Waals surface area contributed by atoms with E-state index in [-0.39, 0.29) is 34.8 Å². The van der Waals surface area contributed by atoms with Crippen LogP contribution in [0.4, 0.5) is 5.69 Å². The largest absolute Gasteiger partial charge is 0.322 e. The van der Waals surface area contributed by atoms with Gasteiger partial charge in [-0.3, -0.25) is 19.9 Å². The summed E-state index contributed by atoms with van der Waals surface area (Å²) < 4.78 is 28.2. The number of aryl methyl sites for hydroxylation is 2. The van der Waals surface area contributed by atoms with E-state index in [9.17, 15) is 23.3 Å². The van der Waals surface area contributed by atoms with Crippen molar-refractivity contribution in [3.05, 3.63) is 110 Å². The number of fused-ring (bicyclic) bond motifs is 1. The maximum absolute atomic E-state index is 13.5. The lowest BCUT2D eigenvalue weighted by Crippen LogP contribution is -2.32. The molecule has 0 unspecified atom stereocenters. The maximum atomic E-state index is 13.5. The summed E-state index contributed by atoms with van der Waals surface area (Å²) in [6, 6.07) is 13.7. The molecule has 0 saturated carbocycles. The van der Waals surface area contributed by atoms with Crippen LogP contribution < -0.4 is 5.56 Å². The fourth-order valence-corrected chi connectivity index (χ4v) is 5.24.